The van der Waals surface area contributed by atoms with E-state index in [-0.39, 0.29) is 0 Å². The molecule has 1 aliphatic heterocycles. The van der Waals surface area contributed by atoms with Gasteiger partial charge in [0, 0.05) is 31.4 Å². The van der Waals surface area contributed by atoms with Crippen molar-refractivity contribution in [2.45, 2.75) is 6.42 Å². The number of benzene rings is 1. The Morgan fingerprint density at radius 3 is 2.57 bits per heavy atom. The number of halogens is 1. The largest absolute Gasteiger partial charge is 0.437 e. The van der Waals surface area contributed by atoms with Crippen LogP contribution >= 0.6 is 11.6 Å². The number of aromatic nitrogens is 2. The molecule has 6 heteroatoms. The van der Waals surface area contributed by atoms with Gasteiger partial charge in [0.2, 0.25) is 5.89 Å². The molecule has 2 aromatic rings. The lowest BCUT2D eigenvalue weighted by Crippen LogP contribution is -2.28. The molecule has 0 radical (unpaired) electrons. The van der Waals surface area contributed by atoms with Gasteiger partial charge in [0.15, 0.2) is 0 Å². The molecule has 23 heavy (non-hydrogen) atoms. The normalized spacial score (nSPS) is 14.7. The van der Waals surface area contributed by atoms with Gasteiger partial charge in [-0.05, 0) is 29.7 Å². The highest BCUT2D eigenvalue weighted by Gasteiger charge is 2.14. The number of aryl methyl sites for hydroxylation is 1. The highest BCUT2D eigenvalue weighted by Crippen LogP contribution is 2.26. The monoisotopic (exact) mass is 331 g/mol. The van der Waals surface area contributed by atoms with Gasteiger partial charge in [-0.1, -0.05) is 24.8 Å². The van der Waals surface area contributed by atoms with E-state index in [1.807, 2.05) is 24.3 Å². The van der Waals surface area contributed by atoms with E-state index in [1.165, 1.54) is 15.8 Å². The first-order valence-electron chi connectivity index (χ1n) is 7.41. The smallest absolute Gasteiger partial charge is 0.388 e. The van der Waals surface area contributed by atoms with E-state index in [0.717, 1.165) is 30.8 Å². The van der Waals surface area contributed by atoms with Gasteiger partial charge >= 0.3 is 5.76 Å². The minimum absolute atomic E-state index is 0.339. The zero-order chi connectivity index (χ0) is 16.4. The lowest BCUT2D eigenvalue weighted by atomic mass is 9.98. The highest BCUT2D eigenvalue weighted by molar-refractivity contribution is 6.19. The third-order valence-electron chi connectivity index (χ3n) is 4.00. The first-order chi connectivity index (χ1) is 11.1. The van der Waals surface area contributed by atoms with E-state index in [1.54, 1.807) is 7.05 Å². The minimum atomic E-state index is -0.460. The summed E-state index contributed by atoms with van der Waals surface area (Å²) in [6, 6.07) is 7.90. The third kappa shape index (κ3) is 3.24. The summed E-state index contributed by atoms with van der Waals surface area (Å²) in [4.78, 5) is 13.5. The Bertz CT molecular complexity index is 802. The van der Waals surface area contributed by atoms with Gasteiger partial charge in [-0.3, -0.25) is 0 Å². The maximum atomic E-state index is 11.3. The van der Waals surface area contributed by atoms with Gasteiger partial charge in [0.1, 0.15) is 0 Å². The molecule has 0 fully saturated rings. The molecule has 0 spiro atoms. The number of rotatable bonds is 4. The molecule has 1 aromatic carbocycles. The standard InChI is InChI=1S/C17H18ClN3O2/c1-12(11-18)21-9-7-14(8-10-21)13-3-5-15(6-4-13)16-19-20(2)17(22)23-16/h3-7H,1,8-11H2,2H3. The predicted molar refractivity (Wildman–Crippen MR) is 91.2 cm³/mol. The summed E-state index contributed by atoms with van der Waals surface area (Å²) in [6.07, 6.45) is 3.16. The van der Waals surface area contributed by atoms with E-state index >= 15 is 0 Å². The molecule has 2 heterocycles. The van der Waals surface area contributed by atoms with Crippen LogP contribution in [-0.4, -0.2) is 33.6 Å². The number of allylic oxidation sites excluding steroid dienone is 1. The quantitative estimate of drug-likeness (QED) is 0.808. The Morgan fingerprint density at radius 2 is 2.04 bits per heavy atom. The van der Waals surface area contributed by atoms with Gasteiger partial charge in [-0.25, -0.2) is 4.79 Å². The van der Waals surface area contributed by atoms with Gasteiger partial charge in [0.05, 0.1) is 5.88 Å². The second kappa shape index (κ2) is 6.46. The van der Waals surface area contributed by atoms with E-state index in [4.69, 9.17) is 16.0 Å². The van der Waals surface area contributed by atoms with Crippen molar-refractivity contribution in [3.63, 3.8) is 0 Å². The van der Waals surface area contributed by atoms with Crippen molar-refractivity contribution in [2.75, 3.05) is 19.0 Å². The summed E-state index contributed by atoms with van der Waals surface area (Å²) in [6.45, 7) is 5.72. The summed E-state index contributed by atoms with van der Waals surface area (Å²) in [5.74, 6) is 0.345. The summed E-state index contributed by atoms with van der Waals surface area (Å²) in [5.41, 5.74) is 4.23. The first kappa shape index (κ1) is 15.6. The molecule has 0 unspecified atom stereocenters. The van der Waals surface area contributed by atoms with E-state index < -0.39 is 5.76 Å². The molecule has 0 saturated heterocycles. The number of alkyl halides is 1. The van der Waals surface area contributed by atoms with Crippen LogP contribution < -0.4 is 5.76 Å². The van der Waals surface area contributed by atoms with Crippen molar-refractivity contribution < 1.29 is 4.42 Å². The Morgan fingerprint density at radius 1 is 1.35 bits per heavy atom. The fraction of sp³-hybridized carbons (Fsp3) is 0.294. The lowest BCUT2D eigenvalue weighted by Gasteiger charge is -2.29. The second-order valence-corrected chi connectivity index (χ2v) is 5.77. The van der Waals surface area contributed by atoms with Gasteiger partial charge in [0.25, 0.3) is 0 Å². The molecular formula is C17H18ClN3O2. The fourth-order valence-electron chi connectivity index (χ4n) is 2.59. The van der Waals surface area contributed by atoms with Crippen LogP contribution in [0.4, 0.5) is 0 Å². The molecule has 0 amide bonds. The molecule has 0 bridgehead atoms. The van der Waals surface area contributed by atoms with Crippen LogP contribution in [0.5, 0.6) is 0 Å². The maximum Gasteiger partial charge on any atom is 0.437 e. The fourth-order valence-corrected chi connectivity index (χ4v) is 2.76. The van der Waals surface area contributed by atoms with E-state index in [2.05, 4.69) is 22.7 Å². The van der Waals surface area contributed by atoms with E-state index in [9.17, 15) is 4.79 Å². The Hall–Kier alpha value is -2.27. The Kier molecular flexibility index (Phi) is 4.39. The van der Waals surface area contributed by atoms with Crippen LogP contribution in [0.2, 0.25) is 0 Å². The van der Waals surface area contributed by atoms with Crippen LogP contribution in [0.15, 0.2) is 51.8 Å². The zero-order valence-electron chi connectivity index (χ0n) is 13.0. The summed E-state index contributed by atoms with van der Waals surface area (Å²) < 4.78 is 6.28. The van der Waals surface area contributed by atoms with E-state index in [0.29, 0.717) is 11.8 Å². The molecule has 0 N–H and O–H groups in total. The van der Waals surface area contributed by atoms with Crippen LogP contribution in [0.25, 0.3) is 17.0 Å². The van der Waals surface area contributed by atoms with Crippen molar-refractivity contribution in [1.29, 1.82) is 0 Å². The van der Waals surface area contributed by atoms with Crippen LogP contribution in [0, 0.1) is 0 Å². The van der Waals surface area contributed by atoms with Crippen LogP contribution in [0.3, 0.4) is 0 Å². The van der Waals surface area contributed by atoms with Crippen LogP contribution in [0.1, 0.15) is 12.0 Å². The predicted octanol–water partition coefficient (Wildman–Crippen LogP) is 2.88. The Labute approximate surface area is 139 Å². The lowest BCUT2D eigenvalue weighted by molar-refractivity contribution is 0.383. The SMILES string of the molecule is C=C(CCl)N1CC=C(c2ccc(-c3nn(C)c(=O)o3)cc2)CC1. The number of hydrogen-bond donors (Lipinski definition) is 0. The van der Waals surface area contributed by atoms with Crippen LogP contribution in [-0.2, 0) is 7.05 Å². The van der Waals surface area contributed by atoms with Gasteiger partial charge in [-0.15, -0.1) is 16.7 Å². The molecule has 3 rings (SSSR count). The first-order valence-corrected chi connectivity index (χ1v) is 7.94. The van der Waals surface area contributed by atoms with Gasteiger partial charge < -0.3 is 9.32 Å². The number of hydrogen-bond acceptors (Lipinski definition) is 4. The molecule has 0 saturated carbocycles. The van der Waals surface area contributed by atoms with Crippen molar-refractivity contribution in [2.24, 2.45) is 7.05 Å². The topological polar surface area (TPSA) is 51.3 Å². The van der Waals surface area contributed by atoms with Crippen molar-refractivity contribution >= 4 is 17.2 Å². The zero-order valence-corrected chi connectivity index (χ0v) is 13.7. The summed E-state index contributed by atoms with van der Waals surface area (Å²) in [7, 11) is 1.57. The molecule has 0 atom stereocenters. The Balaban J connectivity index is 1.76. The molecular weight excluding hydrogens is 314 g/mol. The third-order valence-corrected chi connectivity index (χ3v) is 4.31. The molecule has 1 aliphatic rings. The molecule has 120 valence electrons. The average molecular weight is 332 g/mol. The summed E-state index contributed by atoms with van der Waals surface area (Å²) in [5, 5.41) is 4.06. The van der Waals surface area contributed by atoms with Gasteiger partial charge in [-0.2, -0.15) is 4.68 Å². The van der Waals surface area contributed by atoms with Crippen molar-refractivity contribution in [3.8, 4) is 11.5 Å². The molecule has 1 aromatic heterocycles. The van der Waals surface area contributed by atoms with Crippen molar-refractivity contribution in [3.05, 3.63) is 58.7 Å². The summed E-state index contributed by atoms with van der Waals surface area (Å²) >= 11 is 5.83. The van der Waals surface area contributed by atoms with Crippen molar-refractivity contribution in [1.82, 2.24) is 14.7 Å². The number of nitrogens with zero attached hydrogens (tertiary/aromatic N) is 3. The molecule has 5 nitrogen and oxygen atoms in total. The minimum Gasteiger partial charge on any atom is -0.388 e. The molecule has 0 aliphatic carbocycles. The average Bonchev–Trinajstić information content (AvgIpc) is 2.93. The highest BCUT2D eigenvalue weighted by atomic mass is 35.5. The second-order valence-electron chi connectivity index (χ2n) is 5.50. The maximum absolute atomic E-state index is 11.3.